The van der Waals surface area contributed by atoms with E-state index in [9.17, 15) is 32.3 Å². The zero-order valence-corrected chi connectivity index (χ0v) is 23.9. The van der Waals surface area contributed by atoms with Crippen molar-refractivity contribution in [3.05, 3.63) is 53.9 Å². The number of piperidine rings is 1. The van der Waals surface area contributed by atoms with Crippen LogP contribution in [0.4, 0.5) is 29.3 Å². The molecular weight excluding hydrogens is 555 g/mol. The van der Waals surface area contributed by atoms with Crippen LogP contribution in [-0.4, -0.2) is 69.6 Å². The molecule has 2 aromatic rings. The normalized spacial score (nSPS) is 18.4. The second kappa shape index (κ2) is 12.1. The van der Waals surface area contributed by atoms with Gasteiger partial charge in [0.15, 0.2) is 0 Å². The fraction of sp³-hybridized carbons (Fsp3) is 0.483. The zero-order valence-electron chi connectivity index (χ0n) is 23.9. The van der Waals surface area contributed by atoms with Crippen molar-refractivity contribution in [3.8, 4) is 0 Å². The number of hydrogen-bond donors (Lipinski definition) is 1. The summed E-state index contributed by atoms with van der Waals surface area (Å²) in [6.45, 7) is 7.69. The van der Waals surface area contributed by atoms with Crippen LogP contribution in [0.1, 0.15) is 64.0 Å². The molecule has 2 aliphatic rings. The first kappa shape index (κ1) is 30.9. The van der Waals surface area contributed by atoms with E-state index in [0.717, 1.165) is 16.9 Å². The molecule has 2 saturated heterocycles. The molecule has 13 heteroatoms. The van der Waals surface area contributed by atoms with Crippen LogP contribution in [0.15, 0.2) is 42.7 Å². The molecule has 10 nitrogen and oxygen atoms in total. The fourth-order valence-corrected chi connectivity index (χ4v) is 5.10. The summed E-state index contributed by atoms with van der Waals surface area (Å²) < 4.78 is 43.9. The van der Waals surface area contributed by atoms with Crippen molar-refractivity contribution >= 4 is 35.2 Å². The molecule has 1 aromatic heterocycles. The molecular formula is C29H34F3N5O5. The number of ether oxygens (including phenoxy) is 1. The Bertz CT molecular complexity index is 1340. The van der Waals surface area contributed by atoms with E-state index >= 15 is 0 Å². The number of imide groups is 1. The highest BCUT2D eigenvalue weighted by atomic mass is 19.4. The standard InChI is InChI=1S/C29H34F3N5O5/c1-18(2)21-9-8-20(37-25(39)28(3,4)36(27(37)41)17-19-10-12-33-13-11-19)16-22(21)34-23(38)24(35-14-6-5-7-15-35)42-26(40)29(30,31)32/h8-13,16,18,24H,5-7,14-15,17H2,1-4H3,(H,34,38). The van der Waals surface area contributed by atoms with Crippen molar-refractivity contribution in [1.82, 2.24) is 14.8 Å². The number of nitrogens with zero attached hydrogens (tertiary/aromatic N) is 4. The molecule has 2 fully saturated rings. The minimum absolute atomic E-state index is 0.148. The minimum Gasteiger partial charge on any atom is -0.430 e. The largest absolute Gasteiger partial charge is 0.490 e. The molecule has 0 saturated carbocycles. The number of aromatic nitrogens is 1. The number of carbonyl (C=O) groups is 4. The quantitative estimate of drug-likeness (QED) is 0.348. The lowest BCUT2D eigenvalue weighted by Crippen LogP contribution is -2.50. The van der Waals surface area contributed by atoms with Gasteiger partial charge in [0, 0.05) is 37.7 Å². The second-order valence-corrected chi connectivity index (χ2v) is 11.2. The van der Waals surface area contributed by atoms with E-state index in [1.165, 1.54) is 15.9 Å². The Morgan fingerprint density at radius 3 is 2.29 bits per heavy atom. The number of likely N-dealkylation sites (tertiary alicyclic amines) is 1. The maximum absolute atomic E-state index is 13.6. The van der Waals surface area contributed by atoms with Crippen molar-refractivity contribution < 1.29 is 37.1 Å². The highest BCUT2D eigenvalue weighted by molar-refractivity contribution is 6.23. The molecule has 0 aliphatic carbocycles. The maximum atomic E-state index is 13.6. The summed E-state index contributed by atoms with van der Waals surface area (Å²) in [6, 6.07) is 7.58. The van der Waals surface area contributed by atoms with Crippen LogP contribution >= 0.6 is 0 Å². The third kappa shape index (κ3) is 6.40. The number of anilines is 2. The SMILES string of the molecule is CC(C)c1ccc(N2C(=O)N(Cc3ccncc3)C(C)(C)C2=O)cc1NC(=O)C(OC(=O)C(F)(F)F)N1CCCCC1. The van der Waals surface area contributed by atoms with Crippen LogP contribution in [0.2, 0.25) is 0 Å². The van der Waals surface area contributed by atoms with Crippen molar-refractivity contribution in [2.75, 3.05) is 23.3 Å². The highest BCUT2D eigenvalue weighted by Gasteiger charge is 2.52. The molecule has 42 heavy (non-hydrogen) atoms. The van der Waals surface area contributed by atoms with E-state index in [1.54, 1.807) is 50.5 Å². The number of esters is 1. The van der Waals surface area contributed by atoms with Crippen molar-refractivity contribution in [1.29, 1.82) is 0 Å². The number of carbonyl (C=O) groups excluding carboxylic acids is 4. The number of nitrogens with one attached hydrogen (secondary N) is 1. The van der Waals surface area contributed by atoms with E-state index in [0.29, 0.717) is 18.4 Å². The van der Waals surface area contributed by atoms with Crippen LogP contribution < -0.4 is 10.2 Å². The molecule has 0 radical (unpaired) electrons. The zero-order chi connectivity index (χ0) is 30.8. The monoisotopic (exact) mass is 589 g/mol. The molecule has 1 aromatic carbocycles. The highest BCUT2D eigenvalue weighted by Crippen LogP contribution is 2.36. The van der Waals surface area contributed by atoms with E-state index < -0.39 is 41.8 Å². The van der Waals surface area contributed by atoms with Gasteiger partial charge in [-0.3, -0.25) is 19.5 Å². The number of urea groups is 1. The summed E-state index contributed by atoms with van der Waals surface area (Å²) in [7, 11) is 0. The second-order valence-electron chi connectivity index (χ2n) is 11.2. The molecule has 2 aliphatic heterocycles. The van der Waals surface area contributed by atoms with Gasteiger partial charge >= 0.3 is 18.2 Å². The Balaban J connectivity index is 1.65. The van der Waals surface area contributed by atoms with Gasteiger partial charge in [0.2, 0.25) is 6.23 Å². The van der Waals surface area contributed by atoms with Gasteiger partial charge in [-0.2, -0.15) is 13.2 Å². The van der Waals surface area contributed by atoms with Crippen LogP contribution in [-0.2, 0) is 25.7 Å². The van der Waals surface area contributed by atoms with Gasteiger partial charge in [-0.15, -0.1) is 0 Å². The van der Waals surface area contributed by atoms with Crippen molar-refractivity contribution in [2.24, 2.45) is 0 Å². The number of halogens is 3. The summed E-state index contributed by atoms with van der Waals surface area (Å²) in [5.41, 5.74) is 0.561. The first-order chi connectivity index (χ1) is 19.7. The minimum atomic E-state index is -5.28. The Morgan fingerprint density at radius 2 is 1.69 bits per heavy atom. The Hall–Kier alpha value is -4.00. The van der Waals surface area contributed by atoms with Crippen LogP contribution in [0.5, 0.6) is 0 Å². The molecule has 4 rings (SSSR count). The third-order valence-corrected chi connectivity index (χ3v) is 7.49. The molecule has 226 valence electrons. The number of amides is 4. The van der Waals surface area contributed by atoms with Gasteiger partial charge < -0.3 is 15.0 Å². The number of pyridine rings is 1. The predicted octanol–water partition coefficient (Wildman–Crippen LogP) is 4.81. The molecule has 3 heterocycles. The first-order valence-electron chi connectivity index (χ1n) is 13.7. The lowest BCUT2D eigenvalue weighted by Gasteiger charge is -2.33. The smallest absolute Gasteiger partial charge is 0.430 e. The molecule has 0 bridgehead atoms. The average Bonchev–Trinajstić information content (AvgIpc) is 3.10. The number of benzene rings is 1. The molecule has 4 amide bonds. The summed E-state index contributed by atoms with van der Waals surface area (Å²) in [4.78, 5) is 60.1. The third-order valence-electron chi connectivity index (χ3n) is 7.49. The summed E-state index contributed by atoms with van der Waals surface area (Å²) in [6.07, 6.45) is -1.81. The molecule has 0 spiro atoms. The number of hydrogen-bond acceptors (Lipinski definition) is 7. The average molecular weight is 590 g/mol. The van der Waals surface area contributed by atoms with Crippen molar-refractivity contribution in [3.63, 3.8) is 0 Å². The maximum Gasteiger partial charge on any atom is 0.490 e. The summed E-state index contributed by atoms with van der Waals surface area (Å²) in [5.74, 6) is -4.06. The Kier molecular flexibility index (Phi) is 8.90. The van der Waals surface area contributed by atoms with Crippen molar-refractivity contribution in [2.45, 2.75) is 77.4 Å². The topological polar surface area (TPSA) is 112 Å². The van der Waals surface area contributed by atoms with Crippen LogP contribution in [0, 0.1) is 0 Å². The van der Waals surface area contributed by atoms with Crippen LogP contribution in [0.25, 0.3) is 0 Å². The van der Waals surface area contributed by atoms with E-state index in [4.69, 9.17) is 0 Å². The van der Waals surface area contributed by atoms with E-state index in [2.05, 4.69) is 15.0 Å². The predicted molar refractivity (Wildman–Crippen MR) is 147 cm³/mol. The fourth-order valence-electron chi connectivity index (χ4n) is 5.10. The summed E-state index contributed by atoms with van der Waals surface area (Å²) >= 11 is 0. The lowest BCUT2D eigenvalue weighted by molar-refractivity contribution is -0.213. The first-order valence-corrected chi connectivity index (χ1v) is 13.7. The van der Waals surface area contributed by atoms with Gasteiger partial charge in [0.25, 0.3) is 11.8 Å². The van der Waals surface area contributed by atoms with Gasteiger partial charge in [-0.25, -0.2) is 14.5 Å². The molecule has 1 atom stereocenters. The summed E-state index contributed by atoms with van der Waals surface area (Å²) in [5, 5.41) is 2.62. The Labute approximate surface area is 241 Å². The molecule has 1 unspecified atom stereocenters. The number of rotatable bonds is 8. The lowest BCUT2D eigenvalue weighted by atomic mass is 9.99. The van der Waals surface area contributed by atoms with Gasteiger partial charge in [0.05, 0.1) is 5.69 Å². The van der Waals surface area contributed by atoms with E-state index in [1.807, 2.05) is 13.8 Å². The number of alkyl halides is 3. The van der Waals surface area contributed by atoms with Crippen LogP contribution in [0.3, 0.4) is 0 Å². The van der Waals surface area contributed by atoms with Gasteiger partial charge in [-0.05, 0) is 68.0 Å². The van der Waals surface area contributed by atoms with Gasteiger partial charge in [0.1, 0.15) is 5.54 Å². The Morgan fingerprint density at radius 1 is 1.05 bits per heavy atom. The van der Waals surface area contributed by atoms with E-state index in [-0.39, 0.29) is 36.9 Å². The molecule has 1 N–H and O–H groups in total. The van der Waals surface area contributed by atoms with Gasteiger partial charge in [-0.1, -0.05) is 26.3 Å².